The lowest BCUT2D eigenvalue weighted by Gasteiger charge is -2.18. The highest BCUT2D eigenvalue weighted by atomic mass is 19.4. The molecule has 4 nitrogen and oxygen atoms in total. The van der Waals surface area contributed by atoms with Crippen LogP contribution < -0.4 is 5.32 Å². The third-order valence-corrected chi connectivity index (χ3v) is 3.96. The first-order valence-electron chi connectivity index (χ1n) is 7.94. The van der Waals surface area contributed by atoms with E-state index in [0.717, 1.165) is 28.8 Å². The van der Waals surface area contributed by atoms with Gasteiger partial charge in [0.1, 0.15) is 11.3 Å². The van der Waals surface area contributed by atoms with E-state index in [2.05, 4.69) is 10.3 Å². The lowest BCUT2D eigenvalue weighted by Crippen LogP contribution is -2.36. The molecular weight excluding hydrogens is 369 g/mol. The molecule has 0 aliphatic carbocycles. The largest absolute Gasteiger partial charge is 0.431 e. The molecule has 1 aromatic carbocycles. The average Bonchev–Trinajstić information content (AvgIpc) is 2.96. The topological polar surface area (TPSA) is 46.9 Å². The number of benzene rings is 1. The van der Waals surface area contributed by atoms with Crippen LogP contribution in [0.15, 0.2) is 42.6 Å². The Bertz CT molecular complexity index is 996. The standard InChI is InChI=1S/C18H14F5N3O/c1-10(25-17(27)12-4-5-13(19)14(20)7-12)9-26-15(18(21,22)23)8-11-3-2-6-24-16(11)26/h2-8,10H,9H2,1H3,(H,25,27)/t10-/m0/s1. The molecule has 1 amide bonds. The summed E-state index contributed by atoms with van der Waals surface area (Å²) < 4.78 is 67.2. The number of carbonyl (C=O) groups excluding carboxylic acids is 1. The predicted molar refractivity (Wildman–Crippen MR) is 88.0 cm³/mol. The normalized spacial score (nSPS) is 13.0. The van der Waals surface area contributed by atoms with Crippen LogP contribution in [0.2, 0.25) is 0 Å². The fourth-order valence-electron chi connectivity index (χ4n) is 2.77. The first-order chi connectivity index (χ1) is 12.7. The number of nitrogens with one attached hydrogen (secondary N) is 1. The molecule has 0 saturated heterocycles. The number of halogens is 5. The fraction of sp³-hybridized carbons (Fsp3) is 0.222. The number of nitrogens with zero attached hydrogens (tertiary/aromatic N) is 2. The minimum Gasteiger partial charge on any atom is -0.348 e. The smallest absolute Gasteiger partial charge is 0.348 e. The van der Waals surface area contributed by atoms with Crippen LogP contribution in [-0.4, -0.2) is 21.5 Å². The summed E-state index contributed by atoms with van der Waals surface area (Å²) in [5.41, 5.74) is -0.879. The second kappa shape index (κ2) is 6.98. The van der Waals surface area contributed by atoms with Crippen LogP contribution in [0.1, 0.15) is 23.0 Å². The minimum atomic E-state index is -4.59. The number of carbonyl (C=O) groups is 1. The Kier molecular flexibility index (Phi) is 4.86. The molecule has 0 radical (unpaired) electrons. The van der Waals surface area contributed by atoms with Crippen LogP contribution in [0.3, 0.4) is 0 Å². The van der Waals surface area contributed by atoms with Crippen LogP contribution in [-0.2, 0) is 12.7 Å². The van der Waals surface area contributed by atoms with Gasteiger partial charge in [-0.15, -0.1) is 0 Å². The van der Waals surface area contributed by atoms with Crippen molar-refractivity contribution in [1.29, 1.82) is 0 Å². The van der Waals surface area contributed by atoms with E-state index in [9.17, 15) is 26.7 Å². The third-order valence-electron chi connectivity index (χ3n) is 3.96. The Morgan fingerprint density at radius 1 is 1.19 bits per heavy atom. The quantitative estimate of drug-likeness (QED) is 0.688. The van der Waals surface area contributed by atoms with Gasteiger partial charge in [0.25, 0.3) is 5.91 Å². The van der Waals surface area contributed by atoms with Gasteiger partial charge in [0, 0.05) is 29.7 Å². The van der Waals surface area contributed by atoms with Crippen molar-refractivity contribution in [2.24, 2.45) is 0 Å². The van der Waals surface area contributed by atoms with Crippen molar-refractivity contribution in [3.63, 3.8) is 0 Å². The van der Waals surface area contributed by atoms with E-state index in [4.69, 9.17) is 0 Å². The molecule has 142 valence electrons. The number of aromatic nitrogens is 2. The Labute approximate surface area is 150 Å². The number of rotatable bonds is 4. The monoisotopic (exact) mass is 383 g/mol. The summed E-state index contributed by atoms with van der Waals surface area (Å²) in [5, 5.41) is 2.80. The second-order valence-electron chi connectivity index (χ2n) is 6.06. The maximum atomic E-state index is 13.3. The Balaban J connectivity index is 1.84. The highest BCUT2D eigenvalue weighted by molar-refractivity contribution is 5.94. The maximum absolute atomic E-state index is 13.3. The van der Waals surface area contributed by atoms with Gasteiger partial charge in [-0.1, -0.05) is 0 Å². The fourth-order valence-corrected chi connectivity index (χ4v) is 2.77. The molecular formula is C18H14F5N3O. The van der Waals surface area contributed by atoms with Gasteiger partial charge in [-0.05, 0) is 43.3 Å². The molecule has 0 unspecified atom stereocenters. The number of amides is 1. The van der Waals surface area contributed by atoms with Gasteiger partial charge < -0.3 is 9.88 Å². The van der Waals surface area contributed by atoms with Crippen molar-refractivity contribution in [1.82, 2.24) is 14.9 Å². The zero-order chi connectivity index (χ0) is 19.8. The summed E-state index contributed by atoms with van der Waals surface area (Å²) in [4.78, 5) is 16.1. The molecule has 27 heavy (non-hydrogen) atoms. The van der Waals surface area contributed by atoms with Crippen molar-refractivity contribution in [3.05, 3.63) is 65.5 Å². The number of hydrogen-bond acceptors (Lipinski definition) is 2. The molecule has 0 aliphatic rings. The summed E-state index contributed by atoms with van der Waals surface area (Å²) >= 11 is 0. The van der Waals surface area contributed by atoms with Gasteiger partial charge in [0.2, 0.25) is 0 Å². The predicted octanol–water partition coefficient (Wildman–Crippen LogP) is 4.15. The molecule has 0 saturated carbocycles. The van der Waals surface area contributed by atoms with E-state index in [0.29, 0.717) is 5.39 Å². The van der Waals surface area contributed by atoms with Crippen molar-refractivity contribution in [2.45, 2.75) is 25.7 Å². The van der Waals surface area contributed by atoms with E-state index in [-0.39, 0.29) is 17.8 Å². The first-order valence-corrected chi connectivity index (χ1v) is 7.94. The molecule has 2 aromatic heterocycles. The SMILES string of the molecule is C[C@@H](Cn1c(C(F)(F)F)cc2cccnc21)NC(=O)c1ccc(F)c(F)c1. The van der Waals surface area contributed by atoms with Crippen LogP contribution >= 0.6 is 0 Å². The summed E-state index contributed by atoms with van der Waals surface area (Å²) in [6.45, 7) is 1.30. The van der Waals surface area contributed by atoms with Crippen LogP contribution in [0.25, 0.3) is 11.0 Å². The summed E-state index contributed by atoms with van der Waals surface area (Å²) in [6.07, 6.45) is -3.21. The molecule has 1 N–H and O–H groups in total. The van der Waals surface area contributed by atoms with Crippen molar-refractivity contribution < 1.29 is 26.7 Å². The van der Waals surface area contributed by atoms with Gasteiger partial charge in [0.15, 0.2) is 11.6 Å². The van der Waals surface area contributed by atoms with Gasteiger partial charge in [0.05, 0.1) is 0 Å². The zero-order valence-corrected chi connectivity index (χ0v) is 14.0. The molecule has 3 aromatic rings. The van der Waals surface area contributed by atoms with Crippen LogP contribution in [0.4, 0.5) is 22.0 Å². The van der Waals surface area contributed by atoms with Crippen molar-refractivity contribution >= 4 is 16.9 Å². The molecule has 0 fully saturated rings. The van der Waals surface area contributed by atoms with Crippen LogP contribution in [0.5, 0.6) is 0 Å². The highest BCUT2D eigenvalue weighted by Crippen LogP contribution is 2.33. The van der Waals surface area contributed by atoms with Gasteiger partial charge in [-0.25, -0.2) is 13.8 Å². The highest BCUT2D eigenvalue weighted by Gasteiger charge is 2.36. The Hall–Kier alpha value is -2.97. The number of hydrogen-bond donors (Lipinski definition) is 1. The van der Waals surface area contributed by atoms with E-state index < -0.39 is 35.5 Å². The van der Waals surface area contributed by atoms with Crippen molar-refractivity contribution in [2.75, 3.05) is 0 Å². The molecule has 1 atom stereocenters. The van der Waals surface area contributed by atoms with Gasteiger partial charge in [-0.2, -0.15) is 13.2 Å². The average molecular weight is 383 g/mol. The second-order valence-corrected chi connectivity index (χ2v) is 6.06. The minimum absolute atomic E-state index is 0.132. The molecule has 2 heterocycles. The Morgan fingerprint density at radius 3 is 2.59 bits per heavy atom. The summed E-state index contributed by atoms with van der Waals surface area (Å²) in [7, 11) is 0. The molecule has 0 spiro atoms. The number of alkyl halides is 3. The van der Waals surface area contributed by atoms with Crippen molar-refractivity contribution in [3.8, 4) is 0 Å². The van der Waals surface area contributed by atoms with E-state index in [1.807, 2.05) is 0 Å². The molecule has 0 bridgehead atoms. The van der Waals surface area contributed by atoms with Gasteiger partial charge >= 0.3 is 6.18 Å². The van der Waals surface area contributed by atoms with E-state index in [1.54, 1.807) is 0 Å². The third kappa shape index (κ3) is 3.91. The number of pyridine rings is 1. The first kappa shape index (κ1) is 18.8. The molecule has 9 heteroatoms. The van der Waals surface area contributed by atoms with Crippen LogP contribution in [0, 0.1) is 11.6 Å². The lowest BCUT2D eigenvalue weighted by atomic mass is 10.2. The maximum Gasteiger partial charge on any atom is 0.431 e. The zero-order valence-electron chi connectivity index (χ0n) is 14.0. The summed E-state index contributed by atoms with van der Waals surface area (Å²) in [6, 6.07) is 5.93. The Morgan fingerprint density at radius 2 is 1.93 bits per heavy atom. The van der Waals surface area contributed by atoms with Gasteiger partial charge in [-0.3, -0.25) is 4.79 Å². The van der Waals surface area contributed by atoms with E-state index >= 15 is 0 Å². The molecule has 0 aliphatic heterocycles. The molecule has 3 rings (SSSR count). The number of fused-ring (bicyclic) bond motifs is 1. The van der Waals surface area contributed by atoms with E-state index in [1.165, 1.54) is 25.3 Å². The summed E-state index contributed by atoms with van der Waals surface area (Å²) in [5.74, 6) is -3.01. The lowest BCUT2D eigenvalue weighted by molar-refractivity contribution is -0.143.